The number of nitriles is 1. The first-order valence-corrected chi connectivity index (χ1v) is 6.67. The molecule has 2 rings (SSSR count). The van der Waals surface area contributed by atoms with Crippen LogP contribution < -0.4 is 5.32 Å². The zero-order valence-electron chi connectivity index (χ0n) is 11.9. The van der Waals surface area contributed by atoms with Crippen molar-refractivity contribution in [2.75, 3.05) is 25.5 Å². The van der Waals surface area contributed by atoms with Gasteiger partial charge in [-0.15, -0.1) is 0 Å². The molecule has 1 saturated heterocycles. The van der Waals surface area contributed by atoms with Gasteiger partial charge in [-0.05, 0) is 30.7 Å². The predicted octanol–water partition coefficient (Wildman–Crippen LogP) is 2.72. The largest absolute Gasteiger partial charge is 0.416 e. The summed E-state index contributed by atoms with van der Waals surface area (Å²) in [7, 11) is 1.60. The van der Waals surface area contributed by atoms with E-state index >= 15 is 0 Å². The Labute approximate surface area is 125 Å². The summed E-state index contributed by atoms with van der Waals surface area (Å²) in [6.45, 7) is 1.06. The van der Waals surface area contributed by atoms with E-state index in [1.54, 1.807) is 11.9 Å². The van der Waals surface area contributed by atoms with E-state index in [0.29, 0.717) is 25.2 Å². The number of amides is 2. The highest BCUT2D eigenvalue weighted by molar-refractivity contribution is 5.89. The molecule has 0 aliphatic carbocycles. The number of nitrogens with one attached hydrogen (secondary N) is 1. The lowest BCUT2D eigenvalue weighted by molar-refractivity contribution is -0.137. The van der Waals surface area contributed by atoms with Crippen LogP contribution in [-0.2, 0) is 6.18 Å². The normalized spacial score (nSPS) is 18.0. The number of hydrogen-bond acceptors (Lipinski definition) is 3. The van der Waals surface area contributed by atoms with E-state index in [4.69, 9.17) is 5.26 Å². The van der Waals surface area contributed by atoms with Crippen LogP contribution >= 0.6 is 0 Å². The van der Waals surface area contributed by atoms with E-state index in [0.717, 1.165) is 12.1 Å². The van der Waals surface area contributed by atoms with Gasteiger partial charge in [-0.3, -0.25) is 0 Å². The molecule has 0 spiro atoms. The lowest BCUT2D eigenvalue weighted by atomic mass is 10.2. The number of hydrogen-bond donors (Lipinski definition) is 1. The second-order valence-electron chi connectivity index (χ2n) is 5.10. The van der Waals surface area contributed by atoms with Crippen molar-refractivity contribution < 1.29 is 18.0 Å². The number of urea groups is 1. The fourth-order valence-corrected chi connectivity index (χ4v) is 2.27. The van der Waals surface area contributed by atoms with Crippen LogP contribution in [-0.4, -0.2) is 42.0 Å². The van der Waals surface area contributed by atoms with E-state index in [2.05, 4.69) is 5.32 Å². The average molecular weight is 312 g/mol. The van der Waals surface area contributed by atoms with Gasteiger partial charge in [-0.2, -0.15) is 18.4 Å². The van der Waals surface area contributed by atoms with Crippen LogP contribution in [0.15, 0.2) is 24.3 Å². The summed E-state index contributed by atoms with van der Waals surface area (Å²) < 4.78 is 37.4. The molecule has 0 radical (unpaired) electrons. The van der Waals surface area contributed by atoms with Gasteiger partial charge in [0.05, 0.1) is 11.6 Å². The molecule has 1 aromatic carbocycles. The Morgan fingerprint density at radius 1 is 1.41 bits per heavy atom. The van der Waals surface area contributed by atoms with Crippen molar-refractivity contribution in [3.05, 3.63) is 29.8 Å². The Hall–Kier alpha value is -2.43. The maximum atomic E-state index is 12.5. The van der Waals surface area contributed by atoms with Crippen LogP contribution in [0.25, 0.3) is 0 Å². The van der Waals surface area contributed by atoms with E-state index in [1.165, 1.54) is 17.0 Å². The minimum atomic E-state index is -4.40. The predicted molar refractivity (Wildman–Crippen MR) is 73.8 cm³/mol. The van der Waals surface area contributed by atoms with Gasteiger partial charge in [0.25, 0.3) is 0 Å². The third kappa shape index (κ3) is 3.61. The molecule has 118 valence electrons. The zero-order valence-corrected chi connectivity index (χ0v) is 11.9. The van der Waals surface area contributed by atoms with Gasteiger partial charge in [0.15, 0.2) is 6.19 Å². The second-order valence-corrected chi connectivity index (χ2v) is 5.10. The third-order valence-electron chi connectivity index (χ3n) is 3.64. The van der Waals surface area contributed by atoms with Crippen molar-refractivity contribution in [2.24, 2.45) is 0 Å². The smallest absolute Gasteiger partial charge is 0.323 e. The van der Waals surface area contributed by atoms with Crippen molar-refractivity contribution >= 4 is 11.7 Å². The molecule has 1 aliphatic heterocycles. The molecule has 0 saturated carbocycles. The van der Waals surface area contributed by atoms with Crippen molar-refractivity contribution in [1.29, 1.82) is 5.26 Å². The highest BCUT2D eigenvalue weighted by Gasteiger charge is 2.30. The summed E-state index contributed by atoms with van der Waals surface area (Å²) in [4.78, 5) is 15.1. The van der Waals surface area contributed by atoms with Gasteiger partial charge in [0, 0.05) is 25.8 Å². The lowest BCUT2D eigenvalue weighted by Crippen LogP contribution is -2.41. The van der Waals surface area contributed by atoms with E-state index < -0.39 is 17.8 Å². The first-order valence-electron chi connectivity index (χ1n) is 6.67. The Bertz CT molecular complexity index is 579. The molecule has 1 fully saturated rings. The first-order chi connectivity index (χ1) is 10.3. The zero-order chi connectivity index (χ0) is 16.3. The number of likely N-dealkylation sites (tertiary alicyclic amines) is 1. The maximum absolute atomic E-state index is 12.5. The topological polar surface area (TPSA) is 59.4 Å². The van der Waals surface area contributed by atoms with Gasteiger partial charge in [-0.1, -0.05) is 0 Å². The Morgan fingerprint density at radius 2 is 2.05 bits per heavy atom. The summed E-state index contributed by atoms with van der Waals surface area (Å²) in [5.41, 5.74) is -0.473. The third-order valence-corrected chi connectivity index (χ3v) is 3.64. The van der Waals surface area contributed by atoms with Gasteiger partial charge in [0.2, 0.25) is 0 Å². The maximum Gasteiger partial charge on any atom is 0.416 e. The lowest BCUT2D eigenvalue weighted by Gasteiger charge is -2.24. The van der Waals surface area contributed by atoms with Crippen LogP contribution in [0, 0.1) is 11.5 Å². The van der Waals surface area contributed by atoms with E-state index in [1.807, 2.05) is 6.19 Å². The van der Waals surface area contributed by atoms with Crippen LogP contribution in [0.3, 0.4) is 0 Å². The molecule has 22 heavy (non-hydrogen) atoms. The molecule has 1 N–H and O–H groups in total. The highest BCUT2D eigenvalue weighted by Crippen LogP contribution is 2.29. The Balaban J connectivity index is 1.96. The monoisotopic (exact) mass is 312 g/mol. The van der Waals surface area contributed by atoms with Gasteiger partial charge < -0.3 is 15.1 Å². The van der Waals surface area contributed by atoms with Gasteiger partial charge in [0.1, 0.15) is 0 Å². The van der Waals surface area contributed by atoms with Crippen molar-refractivity contribution in [2.45, 2.75) is 18.6 Å². The van der Waals surface area contributed by atoms with Gasteiger partial charge in [-0.25, -0.2) is 4.79 Å². The SMILES string of the molecule is CN(C(=O)Nc1ccc(C(F)(F)F)cc1)[C@@H]1CCN(C#N)C1. The minimum Gasteiger partial charge on any atom is -0.323 e. The summed E-state index contributed by atoms with van der Waals surface area (Å²) in [6, 6.07) is 3.76. The van der Waals surface area contributed by atoms with Crippen LogP contribution in [0.4, 0.5) is 23.7 Å². The standard InChI is InChI=1S/C14H15F3N4O/c1-20(12-6-7-21(8-12)9-18)13(22)19-11-4-2-10(3-5-11)14(15,16)17/h2-5,12H,6-8H2,1H3,(H,19,22)/t12-/m1/s1. The number of carbonyl (C=O) groups is 1. The summed E-state index contributed by atoms with van der Waals surface area (Å²) >= 11 is 0. The van der Waals surface area contributed by atoms with Crippen molar-refractivity contribution in [3.8, 4) is 6.19 Å². The molecule has 0 bridgehead atoms. The van der Waals surface area contributed by atoms with Crippen molar-refractivity contribution in [1.82, 2.24) is 9.80 Å². The highest BCUT2D eigenvalue weighted by atomic mass is 19.4. The van der Waals surface area contributed by atoms with E-state index in [9.17, 15) is 18.0 Å². The fourth-order valence-electron chi connectivity index (χ4n) is 2.27. The molecular weight excluding hydrogens is 297 g/mol. The summed E-state index contributed by atoms with van der Waals surface area (Å²) in [5.74, 6) is 0. The quantitative estimate of drug-likeness (QED) is 0.854. The van der Waals surface area contributed by atoms with E-state index in [-0.39, 0.29) is 6.04 Å². The Kier molecular flexibility index (Phi) is 4.45. The number of rotatable bonds is 2. The molecule has 0 unspecified atom stereocenters. The molecule has 0 aromatic heterocycles. The number of anilines is 1. The molecule has 1 aliphatic rings. The number of nitrogens with zero attached hydrogens (tertiary/aromatic N) is 3. The molecule has 8 heteroatoms. The number of carbonyl (C=O) groups excluding carboxylic acids is 1. The van der Waals surface area contributed by atoms with Crippen LogP contribution in [0.2, 0.25) is 0 Å². The molecule has 1 atom stereocenters. The minimum absolute atomic E-state index is 0.0888. The molecular formula is C14H15F3N4O. The number of halogens is 3. The molecule has 5 nitrogen and oxygen atoms in total. The van der Waals surface area contributed by atoms with Crippen LogP contribution in [0.1, 0.15) is 12.0 Å². The van der Waals surface area contributed by atoms with Gasteiger partial charge >= 0.3 is 12.2 Å². The molecule has 2 amide bonds. The fraction of sp³-hybridized carbons (Fsp3) is 0.429. The number of benzene rings is 1. The molecule has 1 heterocycles. The second kappa shape index (κ2) is 6.13. The summed E-state index contributed by atoms with van der Waals surface area (Å²) in [6.07, 6.45) is -1.69. The number of likely N-dealkylation sites (N-methyl/N-ethyl adjacent to an activating group) is 1. The molecule has 1 aromatic rings. The van der Waals surface area contributed by atoms with Crippen molar-refractivity contribution in [3.63, 3.8) is 0 Å². The number of alkyl halides is 3. The first kappa shape index (κ1) is 15.9. The summed E-state index contributed by atoms with van der Waals surface area (Å²) in [5, 5.41) is 11.3. The Morgan fingerprint density at radius 3 is 2.55 bits per heavy atom. The van der Waals surface area contributed by atoms with Crippen LogP contribution in [0.5, 0.6) is 0 Å². The average Bonchev–Trinajstić information content (AvgIpc) is 2.95.